The third-order valence-corrected chi connectivity index (χ3v) is 4.11. The highest BCUT2D eigenvalue weighted by molar-refractivity contribution is 5.54. The number of nitrogens with zero attached hydrogens (tertiary/aromatic N) is 1. The van der Waals surface area contributed by atoms with Gasteiger partial charge in [0.2, 0.25) is 0 Å². The molecule has 1 aromatic rings. The summed E-state index contributed by atoms with van der Waals surface area (Å²) < 4.78 is 13.6. The summed E-state index contributed by atoms with van der Waals surface area (Å²) in [6.45, 7) is 9.64. The van der Waals surface area contributed by atoms with Crippen LogP contribution in [0.1, 0.15) is 32.8 Å². The van der Waals surface area contributed by atoms with Crippen LogP contribution in [0.5, 0.6) is 0 Å². The van der Waals surface area contributed by atoms with E-state index in [0.29, 0.717) is 12.5 Å². The molecule has 118 valence electrons. The lowest BCUT2D eigenvalue weighted by Gasteiger charge is -2.37. The van der Waals surface area contributed by atoms with Gasteiger partial charge in [0, 0.05) is 25.3 Å². The number of nitrogens with one attached hydrogen (secondary N) is 1. The summed E-state index contributed by atoms with van der Waals surface area (Å²) in [6, 6.07) is 5.02. The minimum atomic E-state index is -0.218. The monoisotopic (exact) mass is 294 g/mol. The maximum Gasteiger partial charge on any atom is 0.123 e. The summed E-state index contributed by atoms with van der Waals surface area (Å²) in [7, 11) is 0. The minimum Gasteiger partial charge on any atom is -0.393 e. The highest BCUT2D eigenvalue weighted by Crippen LogP contribution is 2.27. The van der Waals surface area contributed by atoms with Crippen molar-refractivity contribution in [3.05, 3.63) is 29.6 Å². The fraction of sp³-hybridized carbons (Fsp3) is 0.647. The van der Waals surface area contributed by atoms with Crippen LogP contribution in [0.2, 0.25) is 0 Å². The largest absolute Gasteiger partial charge is 0.393 e. The third kappa shape index (κ3) is 4.42. The number of rotatable bonds is 5. The van der Waals surface area contributed by atoms with E-state index >= 15 is 0 Å². The summed E-state index contributed by atoms with van der Waals surface area (Å²) in [4.78, 5) is 2.27. The lowest BCUT2D eigenvalue weighted by molar-refractivity contribution is 0.0970. The summed E-state index contributed by atoms with van der Waals surface area (Å²) in [5.41, 5.74) is 2.09. The zero-order chi connectivity index (χ0) is 15.4. The zero-order valence-corrected chi connectivity index (χ0v) is 13.3. The van der Waals surface area contributed by atoms with Gasteiger partial charge in [-0.1, -0.05) is 20.8 Å². The van der Waals surface area contributed by atoms with Gasteiger partial charge in [-0.2, -0.15) is 0 Å². The molecule has 3 nitrogen and oxygen atoms in total. The maximum atomic E-state index is 13.6. The first-order valence-corrected chi connectivity index (χ1v) is 7.89. The lowest BCUT2D eigenvalue weighted by atomic mass is 9.95. The third-order valence-electron chi connectivity index (χ3n) is 4.11. The van der Waals surface area contributed by atoms with Crippen LogP contribution in [-0.2, 0) is 6.54 Å². The van der Waals surface area contributed by atoms with Crippen molar-refractivity contribution in [1.82, 2.24) is 5.32 Å². The van der Waals surface area contributed by atoms with E-state index in [2.05, 4.69) is 31.0 Å². The summed E-state index contributed by atoms with van der Waals surface area (Å²) in [6.07, 6.45) is 0.557. The second-order valence-electron chi connectivity index (χ2n) is 6.58. The predicted octanol–water partition coefficient (Wildman–Crippen LogP) is 2.78. The molecule has 0 bridgehead atoms. The van der Waals surface area contributed by atoms with Crippen molar-refractivity contribution >= 4 is 5.69 Å². The summed E-state index contributed by atoms with van der Waals surface area (Å²) >= 11 is 0. The highest BCUT2D eigenvalue weighted by atomic mass is 19.1. The number of halogens is 1. The fourth-order valence-electron chi connectivity index (χ4n) is 2.85. The van der Waals surface area contributed by atoms with E-state index < -0.39 is 0 Å². The van der Waals surface area contributed by atoms with Crippen molar-refractivity contribution in [2.24, 2.45) is 11.8 Å². The Morgan fingerprint density at radius 3 is 2.86 bits per heavy atom. The molecule has 0 spiro atoms. The van der Waals surface area contributed by atoms with Gasteiger partial charge in [0.25, 0.3) is 0 Å². The SMILES string of the molecule is CC(C)CNCc1cc(F)ccc1N1CCC(O)C(C)C1. The molecule has 0 aromatic heterocycles. The van der Waals surface area contributed by atoms with Gasteiger partial charge in [-0.15, -0.1) is 0 Å². The fourth-order valence-corrected chi connectivity index (χ4v) is 2.85. The first-order valence-electron chi connectivity index (χ1n) is 7.89. The Morgan fingerprint density at radius 1 is 1.43 bits per heavy atom. The number of hydrogen-bond donors (Lipinski definition) is 2. The maximum absolute atomic E-state index is 13.6. The van der Waals surface area contributed by atoms with Crippen LogP contribution in [0.3, 0.4) is 0 Å². The molecule has 1 heterocycles. The van der Waals surface area contributed by atoms with Gasteiger partial charge < -0.3 is 15.3 Å². The predicted molar refractivity (Wildman–Crippen MR) is 84.9 cm³/mol. The Hall–Kier alpha value is -1.13. The van der Waals surface area contributed by atoms with E-state index in [0.717, 1.165) is 37.3 Å². The van der Waals surface area contributed by atoms with Gasteiger partial charge in [0.05, 0.1) is 6.10 Å². The molecule has 2 N–H and O–H groups in total. The lowest BCUT2D eigenvalue weighted by Crippen LogP contribution is -2.42. The van der Waals surface area contributed by atoms with Crippen LogP contribution < -0.4 is 10.2 Å². The Morgan fingerprint density at radius 2 is 2.19 bits per heavy atom. The average Bonchev–Trinajstić information content (AvgIpc) is 2.42. The van der Waals surface area contributed by atoms with Crippen LogP contribution in [-0.4, -0.2) is 30.8 Å². The minimum absolute atomic E-state index is 0.190. The first-order chi connectivity index (χ1) is 9.97. The standard InChI is InChI=1S/C17H27FN2O/c1-12(2)9-19-10-14-8-15(18)4-5-16(14)20-7-6-17(21)13(3)11-20/h4-5,8,12-13,17,19,21H,6-7,9-11H2,1-3H3. The topological polar surface area (TPSA) is 35.5 Å². The molecule has 0 amide bonds. The van der Waals surface area contributed by atoms with Crippen LogP contribution in [0.4, 0.5) is 10.1 Å². The van der Waals surface area contributed by atoms with E-state index in [-0.39, 0.29) is 17.8 Å². The Balaban J connectivity index is 2.11. The molecular weight excluding hydrogens is 267 g/mol. The van der Waals surface area contributed by atoms with Crippen LogP contribution in [0, 0.1) is 17.7 Å². The second kappa shape index (κ2) is 7.23. The molecule has 1 aromatic carbocycles. The molecule has 2 atom stereocenters. The Bertz CT molecular complexity index is 464. The van der Waals surface area contributed by atoms with Crippen LogP contribution in [0.25, 0.3) is 0 Å². The summed E-state index contributed by atoms with van der Waals surface area (Å²) in [5.74, 6) is 0.637. The van der Waals surface area contributed by atoms with E-state index in [9.17, 15) is 9.50 Å². The number of hydrogen-bond acceptors (Lipinski definition) is 3. The Kier molecular flexibility index (Phi) is 5.59. The normalized spacial score (nSPS) is 22.9. The molecule has 1 aliphatic heterocycles. The molecule has 21 heavy (non-hydrogen) atoms. The number of benzene rings is 1. The number of aliphatic hydroxyl groups is 1. The molecule has 0 saturated carbocycles. The van der Waals surface area contributed by atoms with Gasteiger partial charge >= 0.3 is 0 Å². The van der Waals surface area contributed by atoms with E-state index in [4.69, 9.17) is 0 Å². The van der Waals surface area contributed by atoms with Crippen molar-refractivity contribution in [2.45, 2.75) is 39.8 Å². The van der Waals surface area contributed by atoms with Crippen molar-refractivity contribution in [3.63, 3.8) is 0 Å². The number of anilines is 1. The molecule has 2 rings (SSSR count). The number of aliphatic hydroxyl groups excluding tert-OH is 1. The molecule has 2 unspecified atom stereocenters. The van der Waals surface area contributed by atoms with Crippen molar-refractivity contribution in [3.8, 4) is 0 Å². The van der Waals surface area contributed by atoms with Gasteiger partial charge in [-0.05, 0) is 48.6 Å². The first kappa shape index (κ1) is 16.2. The summed E-state index contributed by atoms with van der Waals surface area (Å²) in [5, 5.41) is 13.2. The van der Waals surface area contributed by atoms with Crippen molar-refractivity contribution in [1.29, 1.82) is 0 Å². The molecule has 1 aliphatic rings. The van der Waals surface area contributed by atoms with E-state index in [1.807, 2.05) is 6.07 Å². The van der Waals surface area contributed by atoms with E-state index in [1.54, 1.807) is 6.07 Å². The number of piperidine rings is 1. The smallest absolute Gasteiger partial charge is 0.123 e. The van der Waals surface area contributed by atoms with Crippen LogP contribution in [0.15, 0.2) is 18.2 Å². The molecular formula is C17H27FN2O. The molecule has 1 fully saturated rings. The average molecular weight is 294 g/mol. The molecule has 0 radical (unpaired) electrons. The molecule has 0 aliphatic carbocycles. The van der Waals surface area contributed by atoms with Crippen molar-refractivity contribution in [2.75, 3.05) is 24.5 Å². The quantitative estimate of drug-likeness (QED) is 0.876. The second-order valence-corrected chi connectivity index (χ2v) is 6.58. The van der Waals surface area contributed by atoms with Gasteiger partial charge in [-0.3, -0.25) is 0 Å². The van der Waals surface area contributed by atoms with Crippen molar-refractivity contribution < 1.29 is 9.50 Å². The van der Waals surface area contributed by atoms with Gasteiger partial charge in [0.1, 0.15) is 5.82 Å². The van der Waals surface area contributed by atoms with E-state index in [1.165, 1.54) is 6.07 Å². The van der Waals surface area contributed by atoms with Crippen LogP contribution >= 0.6 is 0 Å². The Labute approximate surface area is 127 Å². The van der Waals surface area contributed by atoms with Gasteiger partial charge in [-0.25, -0.2) is 4.39 Å². The highest BCUT2D eigenvalue weighted by Gasteiger charge is 2.25. The van der Waals surface area contributed by atoms with Gasteiger partial charge in [0.15, 0.2) is 0 Å². The molecule has 4 heteroatoms. The zero-order valence-electron chi connectivity index (χ0n) is 13.3. The molecule has 1 saturated heterocycles.